The van der Waals surface area contributed by atoms with Gasteiger partial charge in [0.05, 0.1) is 26.9 Å². The van der Waals surface area contributed by atoms with Gasteiger partial charge in [-0.05, 0) is 68.0 Å². The molecule has 4 rings (SSSR count). The normalized spacial score (nSPS) is 14.9. The smallest absolute Gasteiger partial charge is 0.321 e. The van der Waals surface area contributed by atoms with Gasteiger partial charge in [-0.15, -0.1) is 0 Å². The molecule has 10 nitrogen and oxygen atoms in total. The number of fused-ring (bicyclic) bond motifs is 1. The Morgan fingerprint density at radius 3 is 2.63 bits per heavy atom. The monoisotopic (exact) mass is 599 g/mol. The summed E-state index contributed by atoms with van der Waals surface area (Å²) in [6, 6.07) is 9.29. The third-order valence-electron chi connectivity index (χ3n) is 7.59. The fourth-order valence-electron chi connectivity index (χ4n) is 5.30. The van der Waals surface area contributed by atoms with E-state index in [1.165, 1.54) is 17.5 Å². The van der Waals surface area contributed by atoms with E-state index >= 15 is 0 Å². The summed E-state index contributed by atoms with van der Waals surface area (Å²) in [7, 11) is 0. The zero-order valence-corrected chi connectivity index (χ0v) is 25.6. The standard InChI is InChI=1S/C32H37N7O3S/c1-5-8-23(20-35-21(4)39-14-12-32(11-6-2,13-15-39)29(40)41)24-16-25(26-10-9-22(18-33)19-36-26)28-27(17-24)37-31(43-28)38-30(42)34-7-3/h8-10,16-17,19-20H,4-7,11-15H2,1-3H3,(H,40,41)(H2,34,37,38,42)/b23-8+,35-20-. The number of amides is 2. The number of carbonyl (C=O) groups is 2. The number of benzene rings is 1. The van der Waals surface area contributed by atoms with E-state index in [1.807, 2.05) is 37.8 Å². The largest absolute Gasteiger partial charge is 0.481 e. The number of anilines is 1. The van der Waals surface area contributed by atoms with Crippen molar-refractivity contribution in [1.82, 2.24) is 20.2 Å². The predicted octanol–water partition coefficient (Wildman–Crippen LogP) is 6.67. The van der Waals surface area contributed by atoms with Gasteiger partial charge >= 0.3 is 12.0 Å². The summed E-state index contributed by atoms with van der Waals surface area (Å²) in [4.78, 5) is 40.2. The zero-order chi connectivity index (χ0) is 31.0. The van der Waals surface area contributed by atoms with Crippen LogP contribution in [0.25, 0.3) is 27.0 Å². The van der Waals surface area contributed by atoms with Crippen LogP contribution >= 0.6 is 11.3 Å². The van der Waals surface area contributed by atoms with Gasteiger partial charge in [0.2, 0.25) is 0 Å². The lowest BCUT2D eigenvalue weighted by Gasteiger charge is -2.39. The molecule has 1 saturated heterocycles. The maximum Gasteiger partial charge on any atom is 0.321 e. The quantitative estimate of drug-likeness (QED) is 0.209. The minimum absolute atomic E-state index is 0.329. The summed E-state index contributed by atoms with van der Waals surface area (Å²) in [6.07, 6.45) is 8.80. The molecule has 3 aromatic rings. The average Bonchev–Trinajstić information content (AvgIpc) is 3.41. The van der Waals surface area contributed by atoms with Crippen LogP contribution in [0.5, 0.6) is 0 Å². The molecule has 0 spiro atoms. The van der Waals surface area contributed by atoms with Crippen molar-refractivity contribution in [2.75, 3.05) is 25.0 Å². The number of rotatable bonds is 11. The number of aliphatic imine (C=N–C) groups is 1. The van der Waals surface area contributed by atoms with Gasteiger partial charge in [-0.2, -0.15) is 5.26 Å². The number of hydrogen-bond acceptors (Lipinski definition) is 8. The molecule has 43 heavy (non-hydrogen) atoms. The summed E-state index contributed by atoms with van der Waals surface area (Å²) >= 11 is 1.36. The van der Waals surface area contributed by atoms with Gasteiger partial charge in [-0.3, -0.25) is 15.1 Å². The summed E-state index contributed by atoms with van der Waals surface area (Å²) < 4.78 is 0.854. The van der Waals surface area contributed by atoms with Crippen molar-refractivity contribution >= 4 is 50.5 Å². The highest BCUT2D eigenvalue weighted by Crippen LogP contribution is 2.39. The first kappa shape index (κ1) is 31.4. The van der Waals surface area contributed by atoms with Crippen molar-refractivity contribution in [3.05, 3.63) is 60.1 Å². The summed E-state index contributed by atoms with van der Waals surface area (Å²) in [5.41, 5.74) is 3.73. The van der Waals surface area contributed by atoms with Crippen LogP contribution in [0.15, 0.2) is 53.9 Å². The van der Waals surface area contributed by atoms with Crippen LogP contribution in [-0.2, 0) is 4.79 Å². The van der Waals surface area contributed by atoms with Crippen molar-refractivity contribution in [1.29, 1.82) is 5.26 Å². The number of nitrogens with zero attached hydrogens (tertiary/aromatic N) is 5. The molecule has 1 fully saturated rings. The lowest BCUT2D eigenvalue weighted by Crippen LogP contribution is -2.43. The number of hydrogen-bond donors (Lipinski definition) is 3. The molecule has 224 valence electrons. The Balaban J connectivity index is 1.66. The van der Waals surface area contributed by atoms with Crippen LogP contribution < -0.4 is 10.6 Å². The lowest BCUT2D eigenvalue weighted by atomic mass is 9.75. The second kappa shape index (κ2) is 14.1. The molecule has 0 unspecified atom stereocenters. The van der Waals surface area contributed by atoms with Crippen molar-refractivity contribution in [3.8, 4) is 17.3 Å². The van der Waals surface area contributed by atoms with Crippen LogP contribution in [0.3, 0.4) is 0 Å². The third-order valence-corrected chi connectivity index (χ3v) is 8.61. The van der Waals surface area contributed by atoms with E-state index in [9.17, 15) is 20.0 Å². The molecule has 0 saturated carbocycles. The molecule has 1 aliphatic heterocycles. The zero-order valence-electron chi connectivity index (χ0n) is 24.8. The minimum atomic E-state index is -0.717. The molecule has 0 atom stereocenters. The fourth-order valence-corrected chi connectivity index (χ4v) is 6.26. The SMILES string of the molecule is C=C(/N=C\C(=C/CC)c1cc(-c2ccc(C#N)cn2)c2sc(NC(=O)NCC)nc2c1)N1CCC(CCC)(C(=O)O)CC1. The summed E-state index contributed by atoms with van der Waals surface area (Å²) in [5, 5.41) is 25.1. The van der Waals surface area contributed by atoms with Crippen LogP contribution in [0.1, 0.15) is 64.0 Å². The van der Waals surface area contributed by atoms with Gasteiger partial charge in [0.1, 0.15) is 11.9 Å². The molecular weight excluding hydrogens is 562 g/mol. The Hall–Kier alpha value is -4.56. The van der Waals surface area contributed by atoms with Crippen molar-refractivity contribution in [2.24, 2.45) is 10.4 Å². The maximum atomic E-state index is 12.2. The second-order valence-electron chi connectivity index (χ2n) is 10.5. The van der Waals surface area contributed by atoms with Gasteiger partial charge in [-0.1, -0.05) is 44.3 Å². The molecule has 1 aromatic carbocycles. The van der Waals surface area contributed by atoms with E-state index in [0.717, 1.165) is 34.2 Å². The molecular formula is C32H37N7O3S. The molecule has 2 amide bonds. The highest BCUT2D eigenvalue weighted by atomic mass is 32.1. The first-order valence-corrected chi connectivity index (χ1v) is 15.3. The second-order valence-corrected chi connectivity index (χ2v) is 11.5. The number of likely N-dealkylation sites (tertiary alicyclic amines) is 1. The average molecular weight is 600 g/mol. The maximum absolute atomic E-state index is 12.2. The molecule has 3 N–H and O–H groups in total. The molecule has 11 heteroatoms. The molecule has 0 aliphatic carbocycles. The Morgan fingerprint density at radius 1 is 1.26 bits per heavy atom. The highest BCUT2D eigenvalue weighted by molar-refractivity contribution is 7.22. The van der Waals surface area contributed by atoms with Gasteiger partial charge in [0, 0.05) is 37.6 Å². The van der Waals surface area contributed by atoms with Gasteiger partial charge in [-0.25, -0.2) is 14.8 Å². The summed E-state index contributed by atoms with van der Waals surface area (Å²) in [5.74, 6) is -0.125. The van der Waals surface area contributed by atoms with Gasteiger partial charge in [0.15, 0.2) is 5.13 Å². The number of nitriles is 1. The van der Waals surface area contributed by atoms with E-state index in [-0.39, 0.29) is 6.03 Å². The first-order chi connectivity index (χ1) is 20.7. The van der Waals surface area contributed by atoms with Crippen LogP contribution in [0.2, 0.25) is 0 Å². The van der Waals surface area contributed by atoms with E-state index in [1.54, 1.807) is 18.3 Å². The fraction of sp³-hybridized carbons (Fsp3) is 0.375. The van der Waals surface area contributed by atoms with Crippen LogP contribution in [-0.4, -0.2) is 57.8 Å². The Morgan fingerprint density at radius 2 is 2.02 bits per heavy atom. The van der Waals surface area contributed by atoms with E-state index in [2.05, 4.69) is 34.3 Å². The number of aliphatic carboxylic acids is 1. The van der Waals surface area contributed by atoms with E-state index in [4.69, 9.17) is 9.98 Å². The topological polar surface area (TPSA) is 144 Å². The number of pyridine rings is 1. The van der Waals surface area contributed by atoms with Crippen LogP contribution in [0, 0.1) is 16.7 Å². The van der Waals surface area contributed by atoms with Crippen molar-refractivity contribution in [3.63, 3.8) is 0 Å². The first-order valence-electron chi connectivity index (χ1n) is 14.5. The van der Waals surface area contributed by atoms with Crippen LogP contribution in [0.4, 0.5) is 9.93 Å². The Bertz CT molecular complexity index is 1590. The Kier molecular flexibility index (Phi) is 10.3. The predicted molar refractivity (Wildman–Crippen MR) is 172 cm³/mol. The molecule has 0 radical (unpaired) electrons. The number of thiazole rings is 1. The number of aromatic nitrogens is 2. The van der Waals surface area contributed by atoms with Crippen molar-refractivity contribution in [2.45, 2.75) is 52.9 Å². The number of allylic oxidation sites excluding steroid dienone is 2. The van der Waals surface area contributed by atoms with Gasteiger partial charge < -0.3 is 15.3 Å². The number of piperidine rings is 1. The van der Waals surface area contributed by atoms with Crippen molar-refractivity contribution < 1.29 is 14.7 Å². The minimum Gasteiger partial charge on any atom is -0.481 e. The molecule has 0 bridgehead atoms. The third kappa shape index (κ3) is 7.27. The molecule has 1 aliphatic rings. The van der Waals surface area contributed by atoms with Gasteiger partial charge in [0.25, 0.3) is 0 Å². The summed E-state index contributed by atoms with van der Waals surface area (Å²) in [6.45, 7) is 11.8. The number of urea groups is 1. The number of nitrogens with one attached hydrogen (secondary N) is 2. The number of carbonyl (C=O) groups excluding carboxylic acids is 1. The molecule has 2 aromatic heterocycles. The Labute approximate surface area is 255 Å². The van der Waals surface area contributed by atoms with E-state index in [0.29, 0.717) is 66.6 Å². The number of carboxylic acid groups (broad SMARTS) is 1. The highest BCUT2D eigenvalue weighted by Gasteiger charge is 2.40. The molecule has 3 heterocycles. The lowest BCUT2D eigenvalue weighted by molar-refractivity contribution is -0.152. The number of carboxylic acids is 1. The van der Waals surface area contributed by atoms with E-state index < -0.39 is 11.4 Å².